The van der Waals surface area contributed by atoms with Crippen LogP contribution in [0.4, 0.5) is 0 Å². The minimum Gasteiger partial charge on any atom is -0.335 e. The molecule has 0 radical (unpaired) electrons. The van der Waals surface area contributed by atoms with E-state index < -0.39 is 0 Å². The fourth-order valence-electron chi connectivity index (χ4n) is 3.50. The van der Waals surface area contributed by atoms with Crippen LogP contribution in [0.3, 0.4) is 0 Å². The maximum atomic E-state index is 12.7. The molecular weight excluding hydrogens is 322 g/mol. The van der Waals surface area contributed by atoms with Crippen molar-refractivity contribution in [3.8, 4) is 0 Å². The molecule has 2 nitrogen and oxygen atoms in total. The summed E-state index contributed by atoms with van der Waals surface area (Å²) >= 11 is 7.85. The number of thiol groups is 1. The lowest BCUT2D eigenvalue weighted by Gasteiger charge is -2.32. The average molecular weight is 340 g/mol. The Kier molecular flexibility index (Phi) is 3.90. The fourth-order valence-corrected chi connectivity index (χ4v) is 4.35. The van der Waals surface area contributed by atoms with E-state index in [1.165, 1.54) is 32.1 Å². The maximum Gasteiger partial charge on any atom is 0.255 e. The number of halogens is 1. The van der Waals surface area contributed by atoms with Gasteiger partial charge in [0.15, 0.2) is 0 Å². The molecule has 0 N–H and O–H groups in total. The third-order valence-corrected chi connectivity index (χ3v) is 5.32. The Bertz CT molecular complexity index is 505. The monoisotopic (exact) mass is 339 g/mol. The summed E-state index contributed by atoms with van der Waals surface area (Å²) in [5, 5.41) is 0. The fraction of sp³-hybridized carbons (Fsp3) is 0.533. The van der Waals surface area contributed by atoms with E-state index in [1.54, 1.807) is 0 Å². The van der Waals surface area contributed by atoms with Gasteiger partial charge in [0.25, 0.3) is 5.91 Å². The predicted molar refractivity (Wildman–Crippen MR) is 82.8 cm³/mol. The second-order valence-electron chi connectivity index (χ2n) is 5.56. The normalized spacial score (nSPS) is 26.3. The lowest BCUT2D eigenvalue weighted by atomic mass is 9.85. The standard InChI is InChI=1S/C15H18BrNOS/c16-11-5-6-12(14(19)9-11)15(18)17-8-7-10-3-1-2-4-13(10)17/h5-6,9-10,13,19H,1-4,7-8H2. The zero-order valence-corrected chi connectivity index (χ0v) is 13.3. The highest BCUT2D eigenvalue weighted by molar-refractivity contribution is 9.10. The van der Waals surface area contributed by atoms with E-state index in [4.69, 9.17) is 0 Å². The number of carbonyl (C=O) groups excluding carboxylic acids is 1. The number of likely N-dealkylation sites (tertiary alicyclic amines) is 1. The van der Waals surface area contributed by atoms with Gasteiger partial charge in [-0.25, -0.2) is 0 Å². The molecule has 1 saturated carbocycles. The first-order chi connectivity index (χ1) is 9.16. The summed E-state index contributed by atoms with van der Waals surface area (Å²) in [5.41, 5.74) is 0.734. The van der Waals surface area contributed by atoms with Gasteiger partial charge in [-0.15, -0.1) is 12.6 Å². The number of hydrogen-bond acceptors (Lipinski definition) is 2. The molecule has 4 heteroatoms. The molecule has 1 saturated heterocycles. The molecule has 1 aliphatic heterocycles. The number of nitrogens with zero attached hydrogens (tertiary/aromatic N) is 1. The van der Waals surface area contributed by atoms with Gasteiger partial charge in [-0.1, -0.05) is 28.8 Å². The van der Waals surface area contributed by atoms with Crippen molar-refractivity contribution in [3.63, 3.8) is 0 Å². The molecule has 1 aromatic rings. The Hall–Kier alpha value is -0.480. The first-order valence-corrected chi connectivity index (χ1v) is 8.20. The third kappa shape index (κ3) is 2.57. The van der Waals surface area contributed by atoms with E-state index in [2.05, 4.69) is 33.5 Å². The van der Waals surface area contributed by atoms with Gasteiger partial charge in [0.1, 0.15) is 0 Å². The lowest BCUT2D eigenvalue weighted by molar-refractivity contribution is 0.0686. The molecule has 2 fully saturated rings. The molecule has 2 aliphatic rings. The van der Waals surface area contributed by atoms with Crippen molar-refractivity contribution >= 4 is 34.5 Å². The van der Waals surface area contributed by atoms with Crippen LogP contribution in [0.1, 0.15) is 42.5 Å². The van der Waals surface area contributed by atoms with Gasteiger partial charge in [0.05, 0.1) is 5.56 Å². The molecule has 0 spiro atoms. The summed E-state index contributed by atoms with van der Waals surface area (Å²) in [5.74, 6) is 0.892. The van der Waals surface area contributed by atoms with E-state index in [0.717, 1.165) is 27.4 Å². The minimum absolute atomic E-state index is 0.159. The van der Waals surface area contributed by atoms with Crippen LogP contribution in [0.2, 0.25) is 0 Å². The van der Waals surface area contributed by atoms with Crippen molar-refractivity contribution in [3.05, 3.63) is 28.2 Å². The summed E-state index contributed by atoms with van der Waals surface area (Å²) in [6, 6.07) is 6.16. The molecule has 0 bridgehead atoms. The molecule has 0 aromatic heterocycles. The highest BCUT2D eigenvalue weighted by Gasteiger charge is 2.38. The molecule has 1 aromatic carbocycles. The zero-order valence-electron chi connectivity index (χ0n) is 10.8. The smallest absolute Gasteiger partial charge is 0.255 e. The number of benzene rings is 1. The Labute approximate surface area is 128 Å². The van der Waals surface area contributed by atoms with Gasteiger partial charge in [0, 0.05) is 22.0 Å². The van der Waals surface area contributed by atoms with E-state index in [9.17, 15) is 4.79 Å². The number of hydrogen-bond donors (Lipinski definition) is 1. The van der Waals surface area contributed by atoms with Gasteiger partial charge < -0.3 is 4.90 Å². The van der Waals surface area contributed by atoms with Crippen LogP contribution in [0.15, 0.2) is 27.6 Å². The topological polar surface area (TPSA) is 20.3 Å². The largest absolute Gasteiger partial charge is 0.335 e. The van der Waals surface area contributed by atoms with Gasteiger partial charge >= 0.3 is 0 Å². The van der Waals surface area contributed by atoms with Crippen LogP contribution in [0, 0.1) is 5.92 Å². The van der Waals surface area contributed by atoms with Crippen molar-refractivity contribution < 1.29 is 4.79 Å². The number of carbonyl (C=O) groups is 1. The number of amides is 1. The number of fused-ring (bicyclic) bond motifs is 1. The zero-order chi connectivity index (χ0) is 13.4. The van der Waals surface area contributed by atoms with Gasteiger partial charge in [-0.2, -0.15) is 0 Å². The third-order valence-electron chi connectivity index (χ3n) is 4.46. The summed E-state index contributed by atoms with van der Waals surface area (Å²) < 4.78 is 0.964. The minimum atomic E-state index is 0.159. The summed E-state index contributed by atoms with van der Waals surface area (Å²) in [6.45, 7) is 0.914. The predicted octanol–water partition coefficient (Wildman–Crippen LogP) is 4.14. The molecule has 19 heavy (non-hydrogen) atoms. The molecule has 3 rings (SSSR count). The van der Waals surface area contributed by atoms with E-state index in [0.29, 0.717) is 6.04 Å². The Morgan fingerprint density at radius 3 is 2.84 bits per heavy atom. The van der Waals surface area contributed by atoms with Crippen molar-refractivity contribution in [2.45, 2.75) is 43.0 Å². The average Bonchev–Trinajstić information content (AvgIpc) is 2.82. The molecule has 2 unspecified atom stereocenters. The van der Waals surface area contributed by atoms with Crippen LogP contribution < -0.4 is 0 Å². The van der Waals surface area contributed by atoms with Crippen molar-refractivity contribution in [1.29, 1.82) is 0 Å². The van der Waals surface area contributed by atoms with E-state index in [-0.39, 0.29) is 5.91 Å². The molecule has 102 valence electrons. The van der Waals surface area contributed by atoms with Crippen LogP contribution in [-0.2, 0) is 0 Å². The second-order valence-corrected chi connectivity index (χ2v) is 6.96. The highest BCUT2D eigenvalue weighted by atomic mass is 79.9. The molecule has 1 heterocycles. The van der Waals surface area contributed by atoms with Gasteiger partial charge in [-0.05, 0) is 43.4 Å². The SMILES string of the molecule is O=C(c1ccc(Br)cc1S)N1CCC2CCCCC21. The van der Waals surface area contributed by atoms with E-state index >= 15 is 0 Å². The van der Waals surface area contributed by atoms with Crippen LogP contribution in [0.5, 0.6) is 0 Å². The van der Waals surface area contributed by atoms with Gasteiger partial charge in [-0.3, -0.25) is 4.79 Å². The van der Waals surface area contributed by atoms with Crippen molar-refractivity contribution in [1.82, 2.24) is 4.90 Å². The maximum absolute atomic E-state index is 12.7. The molecule has 1 aliphatic carbocycles. The quantitative estimate of drug-likeness (QED) is 0.762. The molecular formula is C15H18BrNOS. The van der Waals surface area contributed by atoms with Gasteiger partial charge in [0.2, 0.25) is 0 Å². The van der Waals surface area contributed by atoms with E-state index in [1.807, 2.05) is 18.2 Å². The molecule has 2 atom stereocenters. The summed E-state index contributed by atoms with van der Waals surface area (Å²) in [6.07, 6.45) is 6.24. The summed E-state index contributed by atoms with van der Waals surface area (Å²) in [7, 11) is 0. The Morgan fingerprint density at radius 2 is 2.05 bits per heavy atom. The van der Waals surface area contributed by atoms with Crippen LogP contribution in [0.25, 0.3) is 0 Å². The first-order valence-electron chi connectivity index (χ1n) is 6.96. The Balaban J connectivity index is 1.83. The molecule has 1 amide bonds. The summed E-state index contributed by atoms with van der Waals surface area (Å²) in [4.78, 5) is 15.5. The second kappa shape index (κ2) is 5.49. The highest BCUT2D eigenvalue weighted by Crippen LogP contribution is 2.37. The lowest BCUT2D eigenvalue weighted by Crippen LogP contribution is -2.39. The Morgan fingerprint density at radius 1 is 1.26 bits per heavy atom. The van der Waals surface area contributed by atoms with Crippen molar-refractivity contribution in [2.75, 3.05) is 6.54 Å². The van der Waals surface area contributed by atoms with Crippen molar-refractivity contribution in [2.24, 2.45) is 5.92 Å². The number of rotatable bonds is 1. The first kappa shape index (κ1) is 13.5. The van der Waals surface area contributed by atoms with Crippen LogP contribution >= 0.6 is 28.6 Å². The van der Waals surface area contributed by atoms with Crippen LogP contribution in [-0.4, -0.2) is 23.4 Å².